The number of hydrogen-bond donors (Lipinski definition) is 1. The van der Waals surface area contributed by atoms with E-state index in [9.17, 15) is 0 Å². The molecule has 0 saturated heterocycles. The van der Waals surface area contributed by atoms with E-state index in [4.69, 9.17) is 0 Å². The zero-order valence-electron chi connectivity index (χ0n) is 8.55. The van der Waals surface area contributed by atoms with Gasteiger partial charge in [-0.05, 0) is 35.5 Å². The van der Waals surface area contributed by atoms with Crippen LogP contribution in [-0.2, 0) is 0 Å². The number of thiol groups is 1. The smallest absolute Gasteiger partial charge is 0.00314 e. The average molecular weight is 206 g/mol. The molecule has 1 atom stereocenters. The fraction of sp³-hybridized carbons (Fsp3) is 1.00. The summed E-state index contributed by atoms with van der Waals surface area (Å²) in [4.78, 5) is 0. The van der Waals surface area contributed by atoms with E-state index in [2.05, 4.69) is 45.2 Å². The molecule has 0 fully saturated rings. The number of rotatable bonds is 7. The molecule has 0 N–H and O–H groups in total. The van der Waals surface area contributed by atoms with Crippen LogP contribution in [0.2, 0.25) is 0 Å². The maximum atomic E-state index is 4.33. The fourth-order valence-electron chi connectivity index (χ4n) is 0.869. The maximum Gasteiger partial charge on any atom is -0.00314 e. The third kappa shape index (κ3) is 7.35. The summed E-state index contributed by atoms with van der Waals surface area (Å²) in [5.74, 6) is 5.35. The molecule has 0 aromatic carbocycles. The summed E-state index contributed by atoms with van der Waals surface area (Å²) < 4.78 is 0. The van der Waals surface area contributed by atoms with Crippen molar-refractivity contribution in [2.75, 3.05) is 17.3 Å². The highest BCUT2D eigenvalue weighted by Crippen LogP contribution is 2.15. The molecule has 0 heterocycles. The van der Waals surface area contributed by atoms with Gasteiger partial charge in [0.05, 0.1) is 0 Å². The highest BCUT2D eigenvalue weighted by Gasteiger charge is 2.03. The Balaban J connectivity index is 3.17. The van der Waals surface area contributed by atoms with Crippen molar-refractivity contribution >= 4 is 24.4 Å². The van der Waals surface area contributed by atoms with Crippen molar-refractivity contribution in [1.29, 1.82) is 0 Å². The van der Waals surface area contributed by atoms with Crippen LogP contribution in [0.5, 0.6) is 0 Å². The van der Waals surface area contributed by atoms with Crippen LogP contribution in [0, 0.1) is 11.8 Å². The molecular weight excluding hydrogens is 184 g/mol. The Morgan fingerprint density at radius 3 is 2.42 bits per heavy atom. The van der Waals surface area contributed by atoms with E-state index in [1.54, 1.807) is 0 Å². The third-order valence-electron chi connectivity index (χ3n) is 2.03. The molecule has 0 aliphatic rings. The molecule has 74 valence electrons. The Bertz CT molecular complexity index is 87.8. The van der Waals surface area contributed by atoms with Gasteiger partial charge in [-0.3, -0.25) is 0 Å². The molecule has 0 aliphatic carbocycles. The zero-order chi connectivity index (χ0) is 9.40. The van der Waals surface area contributed by atoms with Gasteiger partial charge in [0.15, 0.2) is 0 Å². The Labute approximate surface area is 87.3 Å². The highest BCUT2D eigenvalue weighted by atomic mass is 32.2. The van der Waals surface area contributed by atoms with Crippen molar-refractivity contribution in [3.05, 3.63) is 0 Å². The Morgan fingerprint density at radius 1 is 1.33 bits per heavy atom. The second kappa shape index (κ2) is 8.31. The SMILES string of the molecule is CCC(CS)CSCCC(C)C. The molecule has 12 heavy (non-hydrogen) atoms. The van der Waals surface area contributed by atoms with E-state index >= 15 is 0 Å². The second-order valence-electron chi connectivity index (χ2n) is 3.71. The van der Waals surface area contributed by atoms with Crippen LogP contribution in [0.1, 0.15) is 33.6 Å². The summed E-state index contributed by atoms with van der Waals surface area (Å²) in [6.45, 7) is 6.83. The minimum absolute atomic E-state index is 0.825. The van der Waals surface area contributed by atoms with Crippen LogP contribution >= 0.6 is 24.4 Å². The second-order valence-corrected chi connectivity index (χ2v) is 5.23. The van der Waals surface area contributed by atoms with Crippen molar-refractivity contribution in [2.24, 2.45) is 11.8 Å². The largest absolute Gasteiger partial charge is 0.179 e. The van der Waals surface area contributed by atoms with Gasteiger partial charge in [0, 0.05) is 0 Å². The first kappa shape index (κ1) is 12.7. The first-order chi connectivity index (χ1) is 5.70. The van der Waals surface area contributed by atoms with Gasteiger partial charge in [-0.2, -0.15) is 24.4 Å². The summed E-state index contributed by atoms with van der Waals surface area (Å²) in [7, 11) is 0. The molecule has 0 saturated carbocycles. The molecule has 0 spiro atoms. The lowest BCUT2D eigenvalue weighted by molar-refractivity contribution is 0.626. The van der Waals surface area contributed by atoms with Crippen LogP contribution in [-0.4, -0.2) is 17.3 Å². The van der Waals surface area contributed by atoms with Crippen LogP contribution < -0.4 is 0 Å². The van der Waals surface area contributed by atoms with Gasteiger partial charge < -0.3 is 0 Å². The average Bonchev–Trinajstić information content (AvgIpc) is 2.04. The van der Waals surface area contributed by atoms with Crippen molar-refractivity contribution < 1.29 is 0 Å². The van der Waals surface area contributed by atoms with E-state index < -0.39 is 0 Å². The van der Waals surface area contributed by atoms with Crippen molar-refractivity contribution in [3.63, 3.8) is 0 Å². The van der Waals surface area contributed by atoms with Crippen molar-refractivity contribution in [3.8, 4) is 0 Å². The van der Waals surface area contributed by atoms with Crippen LogP contribution in [0.4, 0.5) is 0 Å². The molecule has 1 unspecified atom stereocenters. The molecule has 0 aromatic heterocycles. The van der Waals surface area contributed by atoms with Gasteiger partial charge in [-0.1, -0.05) is 27.2 Å². The molecule has 0 nitrogen and oxygen atoms in total. The van der Waals surface area contributed by atoms with Crippen molar-refractivity contribution in [2.45, 2.75) is 33.6 Å². The topological polar surface area (TPSA) is 0 Å². The quantitative estimate of drug-likeness (QED) is 0.489. The lowest BCUT2D eigenvalue weighted by atomic mass is 10.2. The van der Waals surface area contributed by atoms with Gasteiger partial charge in [0.25, 0.3) is 0 Å². The van der Waals surface area contributed by atoms with Gasteiger partial charge in [0.2, 0.25) is 0 Å². The Kier molecular flexibility index (Phi) is 8.79. The first-order valence-corrected chi connectivity index (χ1v) is 6.68. The zero-order valence-corrected chi connectivity index (χ0v) is 10.3. The molecule has 0 amide bonds. The van der Waals surface area contributed by atoms with Crippen LogP contribution in [0.25, 0.3) is 0 Å². The standard InChI is InChI=1S/C10H22S2/c1-4-10(7-11)8-12-6-5-9(2)3/h9-11H,4-8H2,1-3H3. The fourth-order valence-corrected chi connectivity index (χ4v) is 2.92. The van der Waals surface area contributed by atoms with E-state index in [0.717, 1.165) is 17.6 Å². The highest BCUT2D eigenvalue weighted by molar-refractivity contribution is 7.99. The summed E-state index contributed by atoms with van der Waals surface area (Å²) >= 11 is 6.42. The summed E-state index contributed by atoms with van der Waals surface area (Å²) in [5.41, 5.74) is 0. The van der Waals surface area contributed by atoms with Crippen molar-refractivity contribution in [1.82, 2.24) is 0 Å². The molecule has 0 aliphatic heterocycles. The van der Waals surface area contributed by atoms with E-state index in [1.807, 2.05) is 0 Å². The Hall–Kier alpha value is 0.700. The number of thioether (sulfide) groups is 1. The molecule has 0 rings (SSSR count). The molecule has 0 aromatic rings. The van der Waals surface area contributed by atoms with Gasteiger partial charge in [-0.15, -0.1) is 0 Å². The molecule has 0 radical (unpaired) electrons. The normalized spacial score (nSPS) is 13.8. The third-order valence-corrected chi connectivity index (χ3v) is 3.78. The summed E-state index contributed by atoms with van der Waals surface area (Å²) in [5, 5.41) is 0. The van der Waals surface area contributed by atoms with Gasteiger partial charge in [0.1, 0.15) is 0 Å². The Morgan fingerprint density at radius 2 is 2.00 bits per heavy atom. The van der Waals surface area contributed by atoms with E-state index in [-0.39, 0.29) is 0 Å². The monoisotopic (exact) mass is 206 g/mol. The summed E-state index contributed by atoms with van der Waals surface area (Å²) in [6.07, 6.45) is 2.63. The van der Waals surface area contributed by atoms with E-state index in [0.29, 0.717) is 0 Å². The maximum absolute atomic E-state index is 4.33. The summed E-state index contributed by atoms with van der Waals surface area (Å²) in [6, 6.07) is 0. The van der Waals surface area contributed by atoms with Gasteiger partial charge >= 0.3 is 0 Å². The van der Waals surface area contributed by atoms with E-state index in [1.165, 1.54) is 24.3 Å². The van der Waals surface area contributed by atoms with Gasteiger partial charge in [-0.25, -0.2) is 0 Å². The number of hydrogen-bond acceptors (Lipinski definition) is 2. The lowest BCUT2D eigenvalue weighted by Gasteiger charge is -2.11. The molecule has 0 bridgehead atoms. The predicted octanol–water partition coefficient (Wildman–Crippen LogP) is 3.72. The van der Waals surface area contributed by atoms with Crippen LogP contribution in [0.3, 0.4) is 0 Å². The minimum atomic E-state index is 0.825. The van der Waals surface area contributed by atoms with Crippen LogP contribution in [0.15, 0.2) is 0 Å². The molecule has 2 heteroatoms. The minimum Gasteiger partial charge on any atom is -0.179 e. The predicted molar refractivity (Wildman–Crippen MR) is 64.4 cm³/mol. The lowest BCUT2D eigenvalue weighted by Crippen LogP contribution is -2.04. The molecular formula is C10H22S2. The first-order valence-electron chi connectivity index (χ1n) is 4.89.